The molecule has 1 N–H and O–H groups in total. The molecule has 0 amide bonds. The molecule has 4 rings (SSSR count). The molecule has 5 heteroatoms. The summed E-state index contributed by atoms with van der Waals surface area (Å²) in [6.07, 6.45) is 4.91. The lowest BCUT2D eigenvalue weighted by Gasteiger charge is -2.27. The molecule has 2 aromatic carbocycles. The van der Waals surface area contributed by atoms with Crippen molar-refractivity contribution >= 4 is 12.6 Å². The van der Waals surface area contributed by atoms with E-state index in [1.165, 1.54) is 43.0 Å². The highest BCUT2D eigenvalue weighted by atomic mass is 32.1. The summed E-state index contributed by atoms with van der Waals surface area (Å²) in [5.41, 5.74) is 3.08. The molecule has 0 spiro atoms. The van der Waals surface area contributed by atoms with Crippen LogP contribution in [0.1, 0.15) is 51.0 Å². The Morgan fingerprint density at radius 1 is 1.03 bits per heavy atom. The zero-order chi connectivity index (χ0) is 22.8. The van der Waals surface area contributed by atoms with Gasteiger partial charge in [0.15, 0.2) is 0 Å². The number of aliphatic hydroxyl groups is 1. The van der Waals surface area contributed by atoms with Gasteiger partial charge in [-0.2, -0.15) is 12.6 Å². The molecule has 0 bridgehead atoms. The third-order valence-corrected chi connectivity index (χ3v) is 5.78. The van der Waals surface area contributed by atoms with Gasteiger partial charge in [0, 0.05) is 6.54 Å². The third kappa shape index (κ3) is 6.90. The average Bonchev–Trinajstić information content (AvgIpc) is 3.58. The van der Waals surface area contributed by atoms with Crippen molar-refractivity contribution in [2.75, 3.05) is 25.6 Å². The van der Waals surface area contributed by atoms with Gasteiger partial charge in [-0.15, -0.1) is 0 Å². The lowest BCUT2D eigenvalue weighted by Crippen LogP contribution is -2.31. The van der Waals surface area contributed by atoms with E-state index in [1.54, 1.807) is 0 Å². The Morgan fingerprint density at radius 3 is 2.23 bits per heavy atom. The topological polar surface area (TPSA) is 23.5 Å². The van der Waals surface area contributed by atoms with Crippen LogP contribution in [0.3, 0.4) is 0 Å². The van der Waals surface area contributed by atoms with Gasteiger partial charge in [-0.3, -0.25) is 4.90 Å². The van der Waals surface area contributed by atoms with Crippen LogP contribution in [0, 0.1) is 17.6 Å². The molecular formula is C26H35F2NOS. The Labute approximate surface area is 191 Å². The fraction of sp³-hybridized carbons (Fsp3) is 0.462. The summed E-state index contributed by atoms with van der Waals surface area (Å²) >= 11 is 3.34. The van der Waals surface area contributed by atoms with Crippen molar-refractivity contribution in [1.82, 2.24) is 4.90 Å². The van der Waals surface area contributed by atoms with Crippen molar-refractivity contribution in [3.8, 4) is 11.1 Å². The van der Waals surface area contributed by atoms with Crippen molar-refractivity contribution < 1.29 is 13.9 Å². The zero-order valence-corrected chi connectivity index (χ0v) is 19.6. The molecule has 2 unspecified atom stereocenters. The summed E-state index contributed by atoms with van der Waals surface area (Å²) in [5, 5.41) is 7.43. The molecule has 1 saturated carbocycles. The first-order chi connectivity index (χ1) is 15.1. The van der Waals surface area contributed by atoms with Gasteiger partial charge in [0.2, 0.25) is 0 Å². The van der Waals surface area contributed by atoms with E-state index in [0.717, 1.165) is 31.6 Å². The second-order valence-corrected chi connectivity index (χ2v) is 8.05. The number of nitrogens with zero attached hydrogens (tertiary/aromatic N) is 1. The molecule has 0 radical (unpaired) electrons. The second-order valence-electron chi connectivity index (χ2n) is 7.77. The van der Waals surface area contributed by atoms with E-state index in [4.69, 9.17) is 5.11 Å². The molecule has 1 aliphatic carbocycles. The third-order valence-electron chi connectivity index (χ3n) is 5.78. The Balaban J connectivity index is 0.000000630. The standard InChI is InChI=1S/C23H25F2N.C2H6.CH4OS/c1-16(15-26-12-5-2-6-13-26)19-14-20(19)17-8-3-4-9-18(17)23-21(24)10-7-11-22(23)25;1-2;2-1-3/h3-4,7-11,19-20H,1-2,5-6,12-15H2;1-2H3;2-3H,1H2. The van der Waals surface area contributed by atoms with Gasteiger partial charge in [-0.05, 0) is 67.4 Å². The highest BCUT2D eigenvalue weighted by molar-refractivity contribution is 7.80. The predicted octanol–water partition coefficient (Wildman–Crippen LogP) is 6.67. The number of piperidine rings is 1. The van der Waals surface area contributed by atoms with Gasteiger partial charge in [-0.25, -0.2) is 8.78 Å². The highest BCUT2D eigenvalue weighted by Gasteiger charge is 2.41. The number of halogens is 2. The van der Waals surface area contributed by atoms with E-state index in [-0.39, 0.29) is 11.5 Å². The monoisotopic (exact) mass is 447 g/mol. The van der Waals surface area contributed by atoms with E-state index in [9.17, 15) is 8.78 Å². The van der Waals surface area contributed by atoms with Crippen LogP contribution in [0.2, 0.25) is 0 Å². The summed E-state index contributed by atoms with van der Waals surface area (Å²) in [5.74, 6) is -0.306. The summed E-state index contributed by atoms with van der Waals surface area (Å²) < 4.78 is 28.6. The number of hydrogen-bond acceptors (Lipinski definition) is 3. The van der Waals surface area contributed by atoms with Gasteiger partial charge >= 0.3 is 0 Å². The van der Waals surface area contributed by atoms with Gasteiger partial charge in [0.25, 0.3) is 0 Å². The van der Waals surface area contributed by atoms with Gasteiger partial charge in [-0.1, -0.05) is 62.8 Å². The first-order valence-corrected chi connectivity index (χ1v) is 11.8. The number of aliphatic hydroxyl groups excluding tert-OH is 1. The lowest BCUT2D eigenvalue weighted by molar-refractivity contribution is 0.244. The summed E-state index contributed by atoms with van der Waals surface area (Å²) in [6.45, 7) is 11.6. The lowest BCUT2D eigenvalue weighted by atomic mass is 9.94. The van der Waals surface area contributed by atoms with Crippen molar-refractivity contribution in [1.29, 1.82) is 0 Å². The SMILES string of the molecule is C=C(CN1CCCCC1)C1CC1c1ccccc1-c1c(F)cccc1F.CC.OCS. The van der Waals surface area contributed by atoms with Crippen molar-refractivity contribution in [3.63, 3.8) is 0 Å². The fourth-order valence-corrected chi connectivity index (χ4v) is 4.32. The van der Waals surface area contributed by atoms with Crippen LogP contribution < -0.4 is 0 Å². The summed E-state index contributed by atoms with van der Waals surface area (Å²) in [4.78, 5) is 2.49. The molecule has 1 saturated heterocycles. The van der Waals surface area contributed by atoms with Gasteiger partial charge in [0.1, 0.15) is 11.6 Å². The highest BCUT2D eigenvalue weighted by Crippen LogP contribution is 2.54. The molecule has 0 aromatic heterocycles. The van der Waals surface area contributed by atoms with Crippen LogP contribution in [-0.4, -0.2) is 35.6 Å². The normalized spacial score (nSPS) is 20.1. The molecule has 2 nitrogen and oxygen atoms in total. The van der Waals surface area contributed by atoms with Crippen LogP contribution in [0.4, 0.5) is 8.78 Å². The van der Waals surface area contributed by atoms with E-state index in [0.29, 0.717) is 17.4 Å². The molecule has 31 heavy (non-hydrogen) atoms. The van der Waals surface area contributed by atoms with Crippen molar-refractivity contribution in [3.05, 3.63) is 71.8 Å². The number of benzene rings is 2. The van der Waals surface area contributed by atoms with Crippen molar-refractivity contribution in [2.45, 2.75) is 45.4 Å². The van der Waals surface area contributed by atoms with Crippen LogP contribution in [0.25, 0.3) is 11.1 Å². The maximum atomic E-state index is 14.3. The maximum absolute atomic E-state index is 14.3. The number of thiol groups is 1. The zero-order valence-electron chi connectivity index (χ0n) is 18.7. The fourth-order valence-electron chi connectivity index (χ4n) is 4.32. The van der Waals surface area contributed by atoms with Crippen LogP contribution >= 0.6 is 12.6 Å². The molecule has 1 heterocycles. The minimum Gasteiger partial charge on any atom is -0.386 e. The van der Waals surface area contributed by atoms with Gasteiger partial charge in [0.05, 0.1) is 11.5 Å². The van der Waals surface area contributed by atoms with Crippen LogP contribution in [-0.2, 0) is 0 Å². The summed E-state index contributed by atoms with van der Waals surface area (Å²) in [6, 6.07) is 11.7. The predicted molar refractivity (Wildman–Crippen MR) is 129 cm³/mol. The minimum atomic E-state index is -0.498. The van der Waals surface area contributed by atoms with Crippen LogP contribution in [0.15, 0.2) is 54.6 Å². The first-order valence-electron chi connectivity index (χ1n) is 11.2. The Hall–Kier alpha value is -1.69. The number of hydrogen-bond donors (Lipinski definition) is 2. The Morgan fingerprint density at radius 2 is 1.61 bits per heavy atom. The van der Waals surface area contributed by atoms with E-state index >= 15 is 0 Å². The molecular weight excluding hydrogens is 412 g/mol. The molecule has 2 aromatic rings. The number of rotatable bonds is 5. The molecule has 2 fully saturated rings. The van der Waals surface area contributed by atoms with E-state index in [2.05, 4.69) is 24.1 Å². The largest absolute Gasteiger partial charge is 0.386 e. The molecule has 1 aliphatic heterocycles. The molecule has 2 atom stereocenters. The van der Waals surface area contributed by atoms with Crippen molar-refractivity contribution in [2.24, 2.45) is 5.92 Å². The summed E-state index contributed by atoms with van der Waals surface area (Å²) in [7, 11) is 0. The number of likely N-dealkylation sites (tertiary alicyclic amines) is 1. The Bertz CT molecular complexity index is 816. The second kappa shape index (κ2) is 13.0. The van der Waals surface area contributed by atoms with Gasteiger partial charge < -0.3 is 5.11 Å². The van der Waals surface area contributed by atoms with E-state index < -0.39 is 11.6 Å². The first kappa shape index (κ1) is 25.6. The molecule has 170 valence electrons. The van der Waals surface area contributed by atoms with E-state index in [1.807, 2.05) is 38.1 Å². The van der Waals surface area contributed by atoms with Crippen LogP contribution in [0.5, 0.6) is 0 Å². The average molecular weight is 448 g/mol. The molecule has 2 aliphatic rings. The maximum Gasteiger partial charge on any atom is 0.133 e. The quantitative estimate of drug-likeness (QED) is 0.304. The Kier molecular flexibility index (Phi) is 10.7. The smallest absolute Gasteiger partial charge is 0.133 e. The minimum absolute atomic E-state index is 0.0556.